The Morgan fingerprint density at radius 2 is 2.09 bits per heavy atom. The number of ether oxygens (including phenoxy) is 2. The predicted molar refractivity (Wildman–Crippen MR) is 134 cm³/mol. The zero-order chi connectivity index (χ0) is 24.2. The van der Waals surface area contributed by atoms with E-state index in [1.54, 1.807) is 39.3 Å². The standard InChI is InChI=1S/C26H27FN2O4S2/c27-18-4-1-5-19(14-18)33-17-22-21-9-13-35-23(21)8-10-29(22)25(30)16-28(15-20-6-2-11-32-20)26(31)24-7-3-12-34-24/h1,3-5,7,9,12-14,20,22H,2,6,8,10-11,15-17H2. The summed E-state index contributed by atoms with van der Waals surface area (Å²) in [6.07, 6.45) is 2.56. The molecule has 184 valence electrons. The van der Waals surface area contributed by atoms with Gasteiger partial charge in [-0.2, -0.15) is 0 Å². The smallest absolute Gasteiger partial charge is 0.264 e. The van der Waals surface area contributed by atoms with Crippen LogP contribution >= 0.6 is 22.7 Å². The van der Waals surface area contributed by atoms with E-state index in [1.807, 2.05) is 22.9 Å². The first-order valence-corrected chi connectivity index (χ1v) is 13.5. The van der Waals surface area contributed by atoms with Crippen LogP contribution in [0.4, 0.5) is 4.39 Å². The Balaban J connectivity index is 1.34. The number of nitrogens with zero attached hydrogens (tertiary/aromatic N) is 2. The van der Waals surface area contributed by atoms with Gasteiger partial charge in [0.2, 0.25) is 5.91 Å². The van der Waals surface area contributed by atoms with Gasteiger partial charge in [0, 0.05) is 30.6 Å². The number of hydrogen-bond acceptors (Lipinski definition) is 6. The monoisotopic (exact) mass is 514 g/mol. The van der Waals surface area contributed by atoms with E-state index in [1.165, 1.54) is 28.3 Å². The fraction of sp³-hybridized carbons (Fsp3) is 0.385. The van der Waals surface area contributed by atoms with Gasteiger partial charge in [0.1, 0.15) is 24.7 Å². The molecule has 2 atom stereocenters. The molecule has 5 rings (SSSR count). The normalized spacial score (nSPS) is 19.4. The van der Waals surface area contributed by atoms with Crippen molar-refractivity contribution in [1.29, 1.82) is 0 Å². The lowest BCUT2D eigenvalue weighted by Gasteiger charge is -2.37. The van der Waals surface area contributed by atoms with Gasteiger partial charge >= 0.3 is 0 Å². The number of rotatable bonds is 8. The Labute approximate surface area is 211 Å². The van der Waals surface area contributed by atoms with Crippen molar-refractivity contribution in [1.82, 2.24) is 9.80 Å². The summed E-state index contributed by atoms with van der Waals surface area (Å²) in [4.78, 5) is 32.2. The van der Waals surface area contributed by atoms with E-state index in [0.717, 1.165) is 24.8 Å². The predicted octanol–water partition coefficient (Wildman–Crippen LogP) is 4.77. The highest BCUT2D eigenvalue weighted by Crippen LogP contribution is 2.34. The highest BCUT2D eigenvalue weighted by atomic mass is 32.1. The minimum absolute atomic E-state index is 0.0213. The molecule has 1 aromatic carbocycles. The molecular weight excluding hydrogens is 487 g/mol. The summed E-state index contributed by atoms with van der Waals surface area (Å²) in [7, 11) is 0. The number of thiophene rings is 2. The molecule has 3 aromatic rings. The first kappa shape index (κ1) is 24.0. The molecule has 9 heteroatoms. The second-order valence-electron chi connectivity index (χ2n) is 8.72. The summed E-state index contributed by atoms with van der Waals surface area (Å²) in [5, 5.41) is 3.89. The molecule has 1 saturated heterocycles. The van der Waals surface area contributed by atoms with Gasteiger partial charge in [0.05, 0.1) is 17.0 Å². The Morgan fingerprint density at radius 1 is 1.17 bits per heavy atom. The molecule has 4 heterocycles. The van der Waals surface area contributed by atoms with E-state index in [2.05, 4.69) is 0 Å². The van der Waals surface area contributed by atoms with Crippen LogP contribution in [0.1, 0.15) is 39.0 Å². The quantitative estimate of drug-likeness (QED) is 0.434. The van der Waals surface area contributed by atoms with Crippen LogP contribution < -0.4 is 4.74 Å². The van der Waals surface area contributed by atoms with Gasteiger partial charge in [0.25, 0.3) is 5.91 Å². The first-order chi connectivity index (χ1) is 17.1. The zero-order valence-electron chi connectivity index (χ0n) is 19.2. The number of halogens is 1. The maximum atomic E-state index is 13.6. The third kappa shape index (κ3) is 5.58. The lowest BCUT2D eigenvalue weighted by molar-refractivity contribution is -0.135. The second-order valence-corrected chi connectivity index (χ2v) is 10.7. The Kier molecular flexibility index (Phi) is 7.46. The third-order valence-electron chi connectivity index (χ3n) is 6.41. The SMILES string of the molecule is O=C(c1cccs1)N(CC(=O)N1CCc2sccc2C1COc1cccc(F)c1)CC1CCCO1. The van der Waals surface area contributed by atoms with E-state index in [-0.39, 0.29) is 42.9 Å². The Bertz CT molecular complexity index is 1160. The molecule has 0 N–H and O–H groups in total. The molecule has 0 bridgehead atoms. The van der Waals surface area contributed by atoms with Crippen molar-refractivity contribution in [2.24, 2.45) is 0 Å². The number of carbonyl (C=O) groups excluding carboxylic acids is 2. The number of carbonyl (C=O) groups is 2. The fourth-order valence-electron chi connectivity index (χ4n) is 4.67. The molecule has 2 unspecified atom stereocenters. The molecule has 2 aliphatic rings. The summed E-state index contributed by atoms with van der Waals surface area (Å²) in [6, 6.07) is 11.4. The maximum Gasteiger partial charge on any atom is 0.264 e. The van der Waals surface area contributed by atoms with Crippen molar-refractivity contribution in [2.75, 3.05) is 32.8 Å². The minimum atomic E-state index is -0.368. The molecule has 1 fully saturated rings. The first-order valence-electron chi connectivity index (χ1n) is 11.8. The number of amides is 2. The summed E-state index contributed by atoms with van der Waals surface area (Å²) in [5.74, 6) is -0.220. The van der Waals surface area contributed by atoms with Crippen LogP contribution in [0.3, 0.4) is 0 Å². The van der Waals surface area contributed by atoms with E-state index in [0.29, 0.717) is 30.3 Å². The molecule has 0 aliphatic carbocycles. The van der Waals surface area contributed by atoms with Crippen LogP contribution in [0, 0.1) is 5.82 Å². The van der Waals surface area contributed by atoms with Gasteiger partial charge < -0.3 is 19.3 Å². The van der Waals surface area contributed by atoms with E-state index < -0.39 is 0 Å². The van der Waals surface area contributed by atoms with Gasteiger partial charge in [-0.15, -0.1) is 22.7 Å². The molecule has 0 saturated carbocycles. The van der Waals surface area contributed by atoms with Crippen molar-refractivity contribution >= 4 is 34.5 Å². The number of benzene rings is 1. The van der Waals surface area contributed by atoms with Crippen molar-refractivity contribution in [3.8, 4) is 5.75 Å². The molecule has 6 nitrogen and oxygen atoms in total. The van der Waals surface area contributed by atoms with Gasteiger partial charge in [0.15, 0.2) is 0 Å². The van der Waals surface area contributed by atoms with Gasteiger partial charge in [-0.05, 0) is 59.9 Å². The van der Waals surface area contributed by atoms with Crippen LogP contribution in [-0.4, -0.2) is 60.6 Å². The number of hydrogen-bond donors (Lipinski definition) is 0. The molecular formula is C26H27FN2O4S2. The average Bonchev–Trinajstić information content (AvgIpc) is 3.64. The summed E-state index contributed by atoms with van der Waals surface area (Å²) in [6.45, 7) is 1.82. The molecule has 2 aliphatic heterocycles. The zero-order valence-corrected chi connectivity index (χ0v) is 20.9. The molecule has 2 aromatic heterocycles. The minimum Gasteiger partial charge on any atom is -0.491 e. The molecule has 0 radical (unpaired) electrons. The number of fused-ring (bicyclic) bond motifs is 1. The summed E-state index contributed by atoms with van der Waals surface area (Å²) in [5.41, 5.74) is 1.06. The highest BCUT2D eigenvalue weighted by Gasteiger charge is 2.34. The van der Waals surface area contributed by atoms with Gasteiger partial charge in [-0.1, -0.05) is 12.1 Å². The van der Waals surface area contributed by atoms with Crippen LogP contribution in [-0.2, 0) is 16.0 Å². The van der Waals surface area contributed by atoms with Crippen LogP contribution in [0.5, 0.6) is 5.75 Å². The van der Waals surface area contributed by atoms with E-state index in [9.17, 15) is 14.0 Å². The van der Waals surface area contributed by atoms with Crippen LogP contribution in [0.25, 0.3) is 0 Å². The largest absolute Gasteiger partial charge is 0.491 e. The Morgan fingerprint density at radius 3 is 2.86 bits per heavy atom. The Hall–Kier alpha value is -2.75. The van der Waals surface area contributed by atoms with Crippen molar-refractivity contribution in [2.45, 2.75) is 31.4 Å². The van der Waals surface area contributed by atoms with E-state index in [4.69, 9.17) is 9.47 Å². The lowest BCUT2D eigenvalue weighted by atomic mass is 10.0. The van der Waals surface area contributed by atoms with Crippen molar-refractivity contribution in [3.63, 3.8) is 0 Å². The average molecular weight is 515 g/mol. The van der Waals surface area contributed by atoms with Gasteiger partial charge in [-0.3, -0.25) is 9.59 Å². The maximum absolute atomic E-state index is 13.6. The second kappa shape index (κ2) is 10.9. The van der Waals surface area contributed by atoms with Crippen molar-refractivity contribution in [3.05, 3.63) is 74.4 Å². The third-order valence-corrected chi connectivity index (χ3v) is 8.27. The fourth-order valence-corrected chi connectivity index (χ4v) is 6.29. The molecule has 2 amide bonds. The topological polar surface area (TPSA) is 59.1 Å². The molecule has 0 spiro atoms. The van der Waals surface area contributed by atoms with Crippen molar-refractivity contribution < 1.29 is 23.5 Å². The summed E-state index contributed by atoms with van der Waals surface area (Å²) < 4.78 is 25.3. The molecule has 35 heavy (non-hydrogen) atoms. The van der Waals surface area contributed by atoms with E-state index >= 15 is 0 Å². The van der Waals surface area contributed by atoms with Crippen LogP contribution in [0.2, 0.25) is 0 Å². The summed E-state index contributed by atoms with van der Waals surface area (Å²) >= 11 is 3.05. The lowest BCUT2D eigenvalue weighted by Crippen LogP contribution is -2.49. The van der Waals surface area contributed by atoms with Gasteiger partial charge in [-0.25, -0.2) is 4.39 Å². The van der Waals surface area contributed by atoms with Crippen LogP contribution in [0.15, 0.2) is 53.2 Å². The highest BCUT2D eigenvalue weighted by molar-refractivity contribution is 7.12.